The fourth-order valence-electron chi connectivity index (χ4n) is 1.18. The first-order valence-corrected chi connectivity index (χ1v) is 5.77. The molecule has 0 saturated carbocycles. The van der Waals surface area contributed by atoms with Crippen LogP contribution in [0.15, 0.2) is 15.3 Å². The lowest BCUT2D eigenvalue weighted by atomic mass is 10.1. The number of hydrogen-bond donors (Lipinski definition) is 5. The number of hydrazone groups is 1. The largest absolute Gasteiger partial charge is 0.369 e. The number of rotatable bonds is 7. The highest BCUT2D eigenvalue weighted by Crippen LogP contribution is 2.02. The summed E-state index contributed by atoms with van der Waals surface area (Å²) in [4.78, 5) is 0. The van der Waals surface area contributed by atoms with Crippen LogP contribution in [0.4, 0.5) is 0 Å². The molecule has 0 radical (unpaired) electrons. The van der Waals surface area contributed by atoms with Gasteiger partial charge in [0.05, 0.1) is 11.4 Å². The molecule has 0 aromatic carbocycles. The van der Waals surface area contributed by atoms with Crippen molar-refractivity contribution in [1.29, 1.82) is 5.41 Å². The molecule has 0 fully saturated rings. The van der Waals surface area contributed by atoms with Gasteiger partial charge in [-0.05, 0) is 19.8 Å². The topological polar surface area (TPSA) is 151 Å². The fraction of sp³-hybridized carbons (Fsp3) is 0.600. The Morgan fingerprint density at radius 3 is 2.26 bits per heavy atom. The highest BCUT2D eigenvalue weighted by atomic mass is 35.5. The Morgan fingerprint density at radius 2 is 1.79 bits per heavy atom. The van der Waals surface area contributed by atoms with E-state index >= 15 is 0 Å². The molecule has 8 nitrogen and oxygen atoms in total. The van der Waals surface area contributed by atoms with Crippen molar-refractivity contribution in [2.45, 2.75) is 39.5 Å². The van der Waals surface area contributed by atoms with Gasteiger partial charge in [-0.15, -0.1) is 17.5 Å². The molecule has 0 unspecified atom stereocenters. The third-order valence-electron chi connectivity index (χ3n) is 2.06. The van der Waals surface area contributed by atoms with Crippen LogP contribution in [0.25, 0.3) is 0 Å². The van der Waals surface area contributed by atoms with Gasteiger partial charge in [-0.2, -0.15) is 10.2 Å². The molecule has 0 amide bonds. The average molecular weight is 291 g/mol. The Kier molecular flexibility index (Phi) is 11.6. The summed E-state index contributed by atoms with van der Waals surface area (Å²) in [5.41, 5.74) is 19.2. The van der Waals surface area contributed by atoms with Gasteiger partial charge in [-0.1, -0.05) is 19.8 Å². The number of halogens is 1. The Morgan fingerprint density at radius 1 is 1.16 bits per heavy atom. The predicted molar refractivity (Wildman–Crippen MR) is 82.8 cm³/mol. The van der Waals surface area contributed by atoms with Crippen LogP contribution in [0.3, 0.4) is 0 Å². The zero-order valence-corrected chi connectivity index (χ0v) is 12.1. The number of nitrogens with zero attached hydrogens (tertiary/aromatic N) is 3. The van der Waals surface area contributed by atoms with Gasteiger partial charge in [0, 0.05) is 0 Å². The van der Waals surface area contributed by atoms with Gasteiger partial charge in [0.25, 0.3) is 0 Å². The van der Waals surface area contributed by atoms with Crippen LogP contribution in [0, 0.1) is 5.41 Å². The molecule has 0 aliphatic carbocycles. The second-order valence-corrected chi connectivity index (χ2v) is 3.75. The van der Waals surface area contributed by atoms with Crippen LogP contribution in [0.5, 0.6) is 0 Å². The monoisotopic (exact) mass is 290 g/mol. The van der Waals surface area contributed by atoms with Crippen LogP contribution in [-0.2, 0) is 0 Å². The standard InChI is InChI=1S/C10H22N8.ClH/c1-3-4-5-6-8(16-18-10(13)14)7(2)15-17-9(11)12;/h3-6H2,1-2H3,(H4,11,12,17)(H4,13,14,18);1H. The summed E-state index contributed by atoms with van der Waals surface area (Å²) in [6.07, 6.45) is 3.90. The first-order chi connectivity index (χ1) is 8.47. The third kappa shape index (κ3) is 11.0. The molecule has 0 aromatic rings. The lowest BCUT2D eigenvalue weighted by Gasteiger charge is -2.05. The van der Waals surface area contributed by atoms with Crippen molar-refractivity contribution in [3.63, 3.8) is 0 Å². The van der Waals surface area contributed by atoms with Crippen LogP contribution >= 0.6 is 12.4 Å². The normalized spacial score (nSPS) is 11.5. The molecule has 8 N–H and O–H groups in total. The molecule has 0 heterocycles. The molecule has 9 heteroatoms. The third-order valence-corrected chi connectivity index (χ3v) is 2.06. The summed E-state index contributed by atoms with van der Waals surface area (Å²) in [6.45, 7) is 3.87. The lowest BCUT2D eigenvalue weighted by Crippen LogP contribution is -2.28. The van der Waals surface area contributed by atoms with Crippen molar-refractivity contribution in [2.24, 2.45) is 32.5 Å². The first kappa shape index (κ1) is 19.5. The number of unbranched alkanes of at least 4 members (excludes halogenated alkanes) is 2. The smallest absolute Gasteiger partial charge is 0.211 e. The van der Waals surface area contributed by atoms with Crippen LogP contribution in [0.1, 0.15) is 39.5 Å². The average Bonchev–Trinajstić information content (AvgIpc) is 2.30. The molecule has 0 aromatic heterocycles. The van der Waals surface area contributed by atoms with E-state index in [4.69, 9.17) is 22.6 Å². The Hall–Kier alpha value is -1.83. The van der Waals surface area contributed by atoms with E-state index < -0.39 is 0 Å². The Labute approximate surface area is 119 Å². The molecule has 0 spiro atoms. The van der Waals surface area contributed by atoms with Crippen LogP contribution < -0.4 is 22.6 Å². The van der Waals surface area contributed by atoms with Gasteiger partial charge >= 0.3 is 0 Å². The van der Waals surface area contributed by atoms with Crippen molar-refractivity contribution >= 4 is 35.7 Å². The molecular weight excluding hydrogens is 268 g/mol. The molecule has 19 heavy (non-hydrogen) atoms. The van der Waals surface area contributed by atoms with Crippen molar-refractivity contribution < 1.29 is 0 Å². The minimum atomic E-state index is -0.224. The zero-order chi connectivity index (χ0) is 14.0. The van der Waals surface area contributed by atoms with Gasteiger partial charge < -0.3 is 17.2 Å². The van der Waals surface area contributed by atoms with Gasteiger partial charge in [-0.25, -0.2) is 5.43 Å². The van der Waals surface area contributed by atoms with Gasteiger partial charge in [-0.3, -0.25) is 5.41 Å². The summed E-state index contributed by atoms with van der Waals surface area (Å²) in [6, 6.07) is 0. The first-order valence-electron chi connectivity index (χ1n) is 5.77. The highest BCUT2D eigenvalue weighted by Gasteiger charge is 2.04. The summed E-state index contributed by atoms with van der Waals surface area (Å²) in [5, 5.41) is 18.5. The Balaban J connectivity index is 0. The SMILES string of the molecule is CCCCCC(=NNC(=N)N)C(C)=NN=C(N)N.Cl. The summed E-state index contributed by atoms with van der Waals surface area (Å²) in [7, 11) is 0. The van der Waals surface area contributed by atoms with Gasteiger partial charge in [0.1, 0.15) is 0 Å². The van der Waals surface area contributed by atoms with E-state index in [1.165, 1.54) is 0 Å². The summed E-state index contributed by atoms with van der Waals surface area (Å²) < 4.78 is 0. The molecular formula is C10H23ClN8. The lowest BCUT2D eigenvalue weighted by molar-refractivity contribution is 0.741. The molecule has 0 aliphatic rings. The van der Waals surface area contributed by atoms with Gasteiger partial charge in [0.15, 0.2) is 0 Å². The molecule has 0 bridgehead atoms. The van der Waals surface area contributed by atoms with Crippen molar-refractivity contribution in [1.82, 2.24) is 5.43 Å². The van der Waals surface area contributed by atoms with Crippen LogP contribution in [0.2, 0.25) is 0 Å². The fourth-order valence-corrected chi connectivity index (χ4v) is 1.18. The van der Waals surface area contributed by atoms with Gasteiger partial charge in [0.2, 0.25) is 11.9 Å². The molecule has 0 saturated heterocycles. The van der Waals surface area contributed by atoms with E-state index in [2.05, 4.69) is 27.7 Å². The number of nitrogens with two attached hydrogens (primary N) is 3. The summed E-state index contributed by atoms with van der Waals surface area (Å²) in [5.74, 6) is -0.334. The number of hydrogen-bond acceptors (Lipinski definition) is 4. The predicted octanol–water partition coefficient (Wildman–Crippen LogP) is 0.477. The van der Waals surface area contributed by atoms with E-state index in [1.807, 2.05) is 0 Å². The molecule has 0 rings (SSSR count). The minimum absolute atomic E-state index is 0. The van der Waals surface area contributed by atoms with E-state index in [9.17, 15) is 0 Å². The maximum atomic E-state index is 7.06. The van der Waals surface area contributed by atoms with Crippen molar-refractivity contribution in [2.75, 3.05) is 0 Å². The quantitative estimate of drug-likeness (QED) is 0.200. The van der Waals surface area contributed by atoms with E-state index in [0.717, 1.165) is 25.7 Å². The Bertz CT molecular complexity index is 357. The minimum Gasteiger partial charge on any atom is -0.369 e. The molecule has 110 valence electrons. The summed E-state index contributed by atoms with van der Waals surface area (Å²) >= 11 is 0. The second-order valence-electron chi connectivity index (χ2n) is 3.75. The molecule has 0 atom stereocenters. The van der Waals surface area contributed by atoms with E-state index in [0.29, 0.717) is 11.4 Å². The maximum Gasteiger partial charge on any atom is 0.211 e. The van der Waals surface area contributed by atoms with Crippen LogP contribution in [-0.4, -0.2) is 23.3 Å². The van der Waals surface area contributed by atoms with E-state index in [1.54, 1.807) is 6.92 Å². The highest BCUT2D eigenvalue weighted by molar-refractivity contribution is 6.41. The van der Waals surface area contributed by atoms with Crippen molar-refractivity contribution in [3.05, 3.63) is 0 Å². The van der Waals surface area contributed by atoms with E-state index in [-0.39, 0.29) is 24.3 Å². The molecule has 0 aliphatic heterocycles. The number of guanidine groups is 2. The number of nitrogens with one attached hydrogen (secondary N) is 2. The second kappa shape index (κ2) is 11.3. The zero-order valence-electron chi connectivity index (χ0n) is 11.3. The maximum absolute atomic E-state index is 7.06. The van der Waals surface area contributed by atoms with Crippen molar-refractivity contribution in [3.8, 4) is 0 Å².